The highest BCUT2D eigenvalue weighted by atomic mass is 32.2. The molecular formula is C21H31N3S. The van der Waals surface area contributed by atoms with E-state index in [1.807, 2.05) is 6.08 Å². The molecule has 1 unspecified atom stereocenters. The molecule has 25 heavy (non-hydrogen) atoms. The Bertz CT molecular complexity index is 663. The molecule has 0 aromatic heterocycles. The lowest BCUT2D eigenvalue weighted by Gasteiger charge is -2.42. The second-order valence-corrected chi connectivity index (χ2v) is 7.74. The van der Waals surface area contributed by atoms with E-state index < -0.39 is 0 Å². The normalized spacial score (nSPS) is 18.6. The number of para-hydroxylation sites is 1. The second-order valence-electron chi connectivity index (χ2n) is 6.90. The molecule has 1 fully saturated rings. The van der Waals surface area contributed by atoms with Gasteiger partial charge >= 0.3 is 0 Å². The third kappa shape index (κ3) is 4.49. The smallest absolute Gasteiger partial charge is 0.102 e. The van der Waals surface area contributed by atoms with Crippen LogP contribution in [0.3, 0.4) is 0 Å². The number of hydrogen-bond acceptors (Lipinski definition) is 3. The van der Waals surface area contributed by atoms with Crippen LogP contribution in [0.25, 0.3) is 0 Å². The molecule has 0 bridgehead atoms. The van der Waals surface area contributed by atoms with Crippen LogP contribution in [-0.4, -0.2) is 47.6 Å². The van der Waals surface area contributed by atoms with Crippen LogP contribution in [-0.2, 0) is 0 Å². The van der Waals surface area contributed by atoms with Gasteiger partial charge in [-0.25, -0.2) is 4.99 Å². The quantitative estimate of drug-likeness (QED) is 0.309. The Balaban J connectivity index is 2.28. The molecule has 0 aliphatic carbocycles. The SMILES string of the molecule is C=CC(=C)N1CCN(/C(C)=N/c2c(SC)cccc2C(C)C)C(C)C1. The van der Waals surface area contributed by atoms with E-state index in [1.165, 1.54) is 10.5 Å². The monoisotopic (exact) mass is 357 g/mol. The average Bonchev–Trinajstić information content (AvgIpc) is 2.60. The standard InChI is InChI=1S/C21H31N3S/c1-8-16(4)23-12-13-24(17(5)14-23)18(6)22-21-19(15(2)3)10-9-11-20(21)25-7/h8-11,15,17H,1,4,12-14H2,2-3,5-7H3/b22-18+. The van der Waals surface area contributed by atoms with Gasteiger partial charge in [-0.1, -0.05) is 39.1 Å². The summed E-state index contributed by atoms with van der Waals surface area (Å²) in [7, 11) is 0. The molecular weight excluding hydrogens is 326 g/mol. The number of piperazine rings is 1. The van der Waals surface area contributed by atoms with Gasteiger partial charge in [0.15, 0.2) is 0 Å². The largest absolute Gasteiger partial charge is 0.368 e. The van der Waals surface area contributed by atoms with E-state index >= 15 is 0 Å². The first-order valence-corrected chi connectivity index (χ1v) is 10.2. The zero-order valence-corrected chi connectivity index (χ0v) is 17.1. The third-order valence-corrected chi connectivity index (χ3v) is 5.60. The molecule has 1 saturated heterocycles. The Morgan fingerprint density at radius 2 is 2.08 bits per heavy atom. The summed E-state index contributed by atoms with van der Waals surface area (Å²) in [5.41, 5.74) is 3.46. The molecule has 1 aliphatic heterocycles. The zero-order valence-electron chi connectivity index (χ0n) is 16.2. The molecule has 1 atom stereocenters. The average molecular weight is 358 g/mol. The van der Waals surface area contributed by atoms with Crippen molar-refractivity contribution in [2.24, 2.45) is 4.99 Å². The van der Waals surface area contributed by atoms with Gasteiger partial charge in [-0.2, -0.15) is 0 Å². The van der Waals surface area contributed by atoms with E-state index in [9.17, 15) is 0 Å². The summed E-state index contributed by atoms with van der Waals surface area (Å²) in [6.45, 7) is 19.6. The zero-order chi connectivity index (χ0) is 18.6. The summed E-state index contributed by atoms with van der Waals surface area (Å²) >= 11 is 1.77. The Morgan fingerprint density at radius 1 is 1.36 bits per heavy atom. The van der Waals surface area contributed by atoms with Crippen molar-refractivity contribution in [2.75, 3.05) is 25.9 Å². The van der Waals surface area contributed by atoms with Crippen LogP contribution in [0.15, 0.2) is 53.0 Å². The number of hydrogen-bond donors (Lipinski definition) is 0. The summed E-state index contributed by atoms with van der Waals surface area (Å²) in [6.07, 6.45) is 3.96. The van der Waals surface area contributed by atoms with E-state index in [1.54, 1.807) is 11.8 Å². The highest BCUT2D eigenvalue weighted by molar-refractivity contribution is 7.98. The van der Waals surface area contributed by atoms with E-state index in [-0.39, 0.29) is 0 Å². The van der Waals surface area contributed by atoms with E-state index in [2.05, 4.69) is 75.1 Å². The first-order chi connectivity index (χ1) is 11.9. The predicted molar refractivity (Wildman–Crippen MR) is 112 cm³/mol. The van der Waals surface area contributed by atoms with Crippen molar-refractivity contribution in [3.63, 3.8) is 0 Å². The Morgan fingerprint density at radius 3 is 2.64 bits per heavy atom. The van der Waals surface area contributed by atoms with Crippen LogP contribution in [0.1, 0.15) is 39.2 Å². The summed E-state index contributed by atoms with van der Waals surface area (Å²) in [5, 5.41) is 0. The second kappa shape index (κ2) is 8.61. The Hall–Kier alpha value is -1.68. The highest BCUT2D eigenvalue weighted by Crippen LogP contribution is 2.36. The van der Waals surface area contributed by atoms with Gasteiger partial charge in [0.05, 0.1) is 5.69 Å². The summed E-state index contributed by atoms with van der Waals surface area (Å²) < 4.78 is 0. The lowest BCUT2D eigenvalue weighted by molar-refractivity contribution is 0.170. The lowest BCUT2D eigenvalue weighted by atomic mass is 10.0. The highest BCUT2D eigenvalue weighted by Gasteiger charge is 2.25. The number of aliphatic imine (C=N–C) groups is 1. The fourth-order valence-corrected chi connectivity index (χ4v) is 3.92. The molecule has 136 valence electrons. The van der Waals surface area contributed by atoms with Crippen molar-refractivity contribution in [3.8, 4) is 0 Å². The van der Waals surface area contributed by atoms with Crippen molar-refractivity contribution < 1.29 is 0 Å². The van der Waals surface area contributed by atoms with Crippen molar-refractivity contribution >= 4 is 23.3 Å². The maximum Gasteiger partial charge on any atom is 0.102 e. The molecule has 0 radical (unpaired) electrons. The van der Waals surface area contributed by atoms with Crippen LogP contribution >= 0.6 is 11.8 Å². The first kappa shape index (κ1) is 19.6. The molecule has 0 saturated carbocycles. The van der Waals surface area contributed by atoms with Crippen LogP contribution in [0.5, 0.6) is 0 Å². The molecule has 0 amide bonds. The van der Waals surface area contributed by atoms with Crippen LogP contribution in [0.2, 0.25) is 0 Å². The van der Waals surface area contributed by atoms with E-state index in [4.69, 9.17) is 4.99 Å². The minimum absolute atomic E-state index is 0.401. The molecule has 0 N–H and O–H groups in total. The van der Waals surface area contributed by atoms with Crippen LogP contribution < -0.4 is 0 Å². The van der Waals surface area contributed by atoms with Gasteiger partial charge in [0.25, 0.3) is 0 Å². The molecule has 1 aliphatic rings. The van der Waals surface area contributed by atoms with Gasteiger partial charge in [-0.3, -0.25) is 0 Å². The lowest BCUT2D eigenvalue weighted by Crippen LogP contribution is -2.52. The van der Waals surface area contributed by atoms with E-state index in [0.29, 0.717) is 12.0 Å². The van der Waals surface area contributed by atoms with Crippen molar-refractivity contribution in [1.29, 1.82) is 0 Å². The summed E-state index contributed by atoms with van der Waals surface area (Å²) in [5.74, 6) is 1.56. The third-order valence-electron chi connectivity index (χ3n) is 4.83. The Labute approximate surface area is 157 Å². The number of amidine groups is 1. The molecule has 1 aromatic carbocycles. The van der Waals surface area contributed by atoms with Crippen molar-refractivity contribution in [1.82, 2.24) is 9.80 Å². The summed E-state index contributed by atoms with van der Waals surface area (Å²) in [4.78, 5) is 11.0. The molecule has 3 nitrogen and oxygen atoms in total. The molecule has 1 aromatic rings. The van der Waals surface area contributed by atoms with E-state index in [0.717, 1.165) is 36.9 Å². The van der Waals surface area contributed by atoms with Gasteiger partial charge in [0, 0.05) is 36.3 Å². The van der Waals surface area contributed by atoms with Gasteiger partial charge in [-0.05, 0) is 43.7 Å². The number of thioether (sulfide) groups is 1. The molecule has 0 spiro atoms. The molecule has 2 rings (SSSR count). The fourth-order valence-electron chi connectivity index (χ4n) is 3.34. The first-order valence-electron chi connectivity index (χ1n) is 8.94. The topological polar surface area (TPSA) is 18.8 Å². The van der Waals surface area contributed by atoms with Gasteiger partial charge in [0.2, 0.25) is 0 Å². The van der Waals surface area contributed by atoms with Crippen molar-refractivity contribution in [2.45, 2.75) is 44.6 Å². The van der Waals surface area contributed by atoms with Crippen LogP contribution in [0, 0.1) is 0 Å². The maximum atomic E-state index is 5.08. The summed E-state index contributed by atoms with van der Waals surface area (Å²) in [6, 6.07) is 6.90. The maximum absolute atomic E-state index is 5.08. The number of rotatable bonds is 5. The van der Waals surface area contributed by atoms with Crippen LogP contribution in [0.4, 0.5) is 5.69 Å². The minimum atomic E-state index is 0.401. The molecule has 1 heterocycles. The fraction of sp³-hybridized carbons (Fsp3) is 0.476. The Kier molecular flexibility index (Phi) is 6.77. The number of benzene rings is 1. The van der Waals surface area contributed by atoms with Gasteiger partial charge < -0.3 is 9.80 Å². The molecule has 4 heteroatoms. The predicted octanol–water partition coefficient (Wildman–Crippen LogP) is 5.29. The minimum Gasteiger partial charge on any atom is -0.368 e. The van der Waals surface area contributed by atoms with Gasteiger partial charge in [-0.15, -0.1) is 11.8 Å². The number of nitrogens with zero attached hydrogens (tertiary/aromatic N) is 3. The number of allylic oxidation sites excluding steroid dienone is 1. The van der Waals surface area contributed by atoms with Crippen molar-refractivity contribution in [3.05, 3.63) is 48.7 Å². The van der Waals surface area contributed by atoms with Gasteiger partial charge in [0.1, 0.15) is 5.84 Å².